The van der Waals surface area contributed by atoms with E-state index in [0.29, 0.717) is 12.0 Å². The van der Waals surface area contributed by atoms with Crippen LogP contribution in [0.4, 0.5) is 0 Å². The average molecular weight is 567 g/mol. The third-order valence-corrected chi connectivity index (χ3v) is 6.29. The third kappa shape index (κ3) is 5.95. The van der Waals surface area contributed by atoms with Gasteiger partial charge in [-0.05, 0) is 25.5 Å². The molecule has 2 N–H and O–H groups in total. The Kier molecular flexibility index (Phi) is 8.92. The van der Waals surface area contributed by atoms with Gasteiger partial charge in [-0.3, -0.25) is 14.4 Å². The number of ether oxygens (including phenoxy) is 2. The molecule has 4 aromatic carbocycles. The minimum Gasteiger partial charge on any atom is -0.504 e. The lowest BCUT2D eigenvalue weighted by atomic mass is 9.88. The number of aromatic hydroxyl groups is 2. The number of phenols is 2. The molecule has 4 aromatic rings. The van der Waals surface area contributed by atoms with Gasteiger partial charge in [0.1, 0.15) is 0 Å². The van der Waals surface area contributed by atoms with Crippen LogP contribution in [0.3, 0.4) is 0 Å². The third-order valence-electron chi connectivity index (χ3n) is 6.29. The summed E-state index contributed by atoms with van der Waals surface area (Å²) < 4.78 is 10.7. The maximum Gasteiger partial charge on any atom is 0.343 e. The molecule has 9 nitrogen and oxygen atoms in total. The van der Waals surface area contributed by atoms with Crippen molar-refractivity contribution in [3.05, 3.63) is 124 Å². The molecule has 0 aliphatic carbocycles. The molecular formula is C33H26O9. The number of phenolic OH excluding ortho intramolecular Hbond substituents is 2. The zero-order valence-electron chi connectivity index (χ0n) is 22.7. The van der Waals surface area contributed by atoms with Gasteiger partial charge in [0.15, 0.2) is 28.8 Å². The molecule has 0 bridgehead atoms. The van der Waals surface area contributed by atoms with E-state index in [4.69, 9.17) is 9.47 Å². The Morgan fingerprint density at radius 1 is 0.595 bits per heavy atom. The van der Waals surface area contributed by atoms with Crippen molar-refractivity contribution in [2.75, 3.05) is 6.61 Å². The molecule has 9 heteroatoms. The van der Waals surface area contributed by atoms with Gasteiger partial charge in [0.05, 0.1) is 28.9 Å². The monoisotopic (exact) mass is 566 g/mol. The summed E-state index contributed by atoms with van der Waals surface area (Å²) in [7, 11) is 0. The predicted molar refractivity (Wildman–Crippen MR) is 151 cm³/mol. The standard InChI is InChI=1S/C33H26O9/c1-3-18-41-33(40)24-25(27(35)21-10-6-4-7-11-21)29(37)30(38)31(42-32(39)23-12-8-5-9-13-23)26(24)28(36)22-16-14-20(15-17-22)19(2)34/h4-17,37-38H,3,18H2,1-2H3. The smallest absolute Gasteiger partial charge is 0.343 e. The van der Waals surface area contributed by atoms with Crippen molar-refractivity contribution in [3.63, 3.8) is 0 Å². The summed E-state index contributed by atoms with van der Waals surface area (Å²) >= 11 is 0. The lowest BCUT2D eigenvalue weighted by Crippen LogP contribution is -2.22. The number of esters is 2. The quantitative estimate of drug-likeness (QED) is 0.109. The van der Waals surface area contributed by atoms with Crippen molar-refractivity contribution >= 4 is 29.3 Å². The van der Waals surface area contributed by atoms with Crippen LogP contribution in [0.5, 0.6) is 17.2 Å². The van der Waals surface area contributed by atoms with Crippen LogP contribution in [0.2, 0.25) is 0 Å². The second kappa shape index (κ2) is 12.7. The highest BCUT2D eigenvalue weighted by atomic mass is 16.5. The molecule has 0 unspecified atom stereocenters. The van der Waals surface area contributed by atoms with Crippen molar-refractivity contribution in [1.82, 2.24) is 0 Å². The maximum atomic E-state index is 14.1. The first kappa shape index (κ1) is 29.4. The molecule has 0 spiro atoms. The molecule has 0 saturated heterocycles. The van der Waals surface area contributed by atoms with Gasteiger partial charge >= 0.3 is 11.9 Å². The Bertz CT molecular complexity index is 1670. The number of hydrogen-bond acceptors (Lipinski definition) is 9. The first-order valence-electron chi connectivity index (χ1n) is 13.0. The van der Waals surface area contributed by atoms with Gasteiger partial charge < -0.3 is 19.7 Å². The van der Waals surface area contributed by atoms with Crippen LogP contribution in [0, 0.1) is 0 Å². The number of Topliss-reactive ketones (excluding diaryl/α,β-unsaturated/α-hetero) is 1. The van der Waals surface area contributed by atoms with E-state index in [9.17, 15) is 34.2 Å². The van der Waals surface area contributed by atoms with Crippen LogP contribution in [-0.2, 0) is 4.74 Å². The first-order valence-corrected chi connectivity index (χ1v) is 13.0. The average Bonchev–Trinajstić information content (AvgIpc) is 3.02. The molecular weight excluding hydrogens is 540 g/mol. The van der Waals surface area contributed by atoms with Gasteiger partial charge in [-0.15, -0.1) is 0 Å². The zero-order chi connectivity index (χ0) is 30.4. The molecule has 0 aliphatic rings. The molecule has 4 rings (SSSR count). The minimum atomic E-state index is -1.16. The van der Waals surface area contributed by atoms with Crippen molar-refractivity contribution in [1.29, 1.82) is 0 Å². The van der Waals surface area contributed by atoms with Crippen molar-refractivity contribution in [2.45, 2.75) is 20.3 Å². The first-order chi connectivity index (χ1) is 20.1. The van der Waals surface area contributed by atoms with Crippen molar-refractivity contribution in [3.8, 4) is 17.2 Å². The van der Waals surface area contributed by atoms with E-state index in [0.717, 1.165) is 0 Å². The second-order valence-corrected chi connectivity index (χ2v) is 9.20. The maximum absolute atomic E-state index is 14.1. The molecule has 0 aromatic heterocycles. The van der Waals surface area contributed by atoms with Gasteiger partial charge in [0, 0.05) is 16.7 Å². The van der Waals surface area contributed by atoms with E-state index in [-0.39, 0.29) is 29.1 Å². The van der Waals surface area contributed by atoms with E-state index >= 15 is 0 Å². The van der Waals surface area contributed by atoms with Gasteiger partial charge in [-0.1, -0.05) is 79.7 Å². The number of carbonyl (C=O) groups is 5. The molecule has 0 atom stereocenters. The van der Waals surface area contributed by atoms with Gasteiger partial charge in [0.2, 0.25) is 5.75 Å². The summed E-state index contributed by atoms with van der Waals surface area (Å²) in [5.41, 5.74) is -1.75. The van der Waals surface area contributed by atoms with Crippen molar-refractivity contribution < 1.29 is 43.7 Å². The number of carbonyl (C=O) groups excluding carboxylic acids is 5. The van der Waals surface area contributed by atoms with Gasteiger partial charge in [0.25, 0.3) is 0 Å². The zero-order valence-corrected chi connectivity index (χ0v) is 22.7. The fourth-order valence-corrected chi connectivity index (χ4v) is 4.17. The summed E-state index contributed by atoms with van der Waals surface area (Å²) in [6.45, 7) is 2.98. The number of benzene rings is 4. The molecule has 0 aliphatic heterocycles. The predicted octanol–water partition coefficient (Wildman–Crippen LogP) is 5.55. The molecule has 0 saturated carbocycles. The SMILES string of the molecule is CCCOC(=O)c1c(C(=O)c2ccccc2)c(O)c(O)c(OC(=O)c2ccccc2)c1C(=O)c1ccc(C(C)=O)cc1. The molecule has 212 valence electrons. The Labute approximate surface area is 241 Å². The fourth-order valence-electron chi connectivity index (χ4n) is 4.17. The van der Waals surface area contributed by atoms with Crippen LogP contribution >= 0.6 is 0 Å². The molecule has 0 amide bonds. The summed E-state index contributed by atoms with van der Waals surface area (Å²) in [5.74, 6) is -7.28. The Balaban J connectivity index is 2.04. The summed E-state index contributed by atoms with van der Waals surface area (Å²) in [6.07, 6.45) is 0.392. The fraction of sp³-hybridized carbons (Fsp3) is 0.121. The van der Waals surface area contributed by atoms with Crippen molar-refractivity contribution in [2.24, 2.45) is 0 Å². The van der Waals surface area contributed by atoms with E-state index < -0.39 is 57.4 Å². The van der Waals surface area contributed by atoms with E-state index in [1.807, 2.05) is 0 Å². The minimum absolute atomic E-state index is 0.0370. The summed E-state index contributed by atoms with van der Waals surface area (Å²) in [5, 5.41) is 22.2. The summed E-state index contributed by atoms with van der Waals surface area (Å²) in [6, 6.07) is 20.6. The number of hydrogen-bond donors (Lipinski definition) is 2. The van der Waals surface area contributed by atoms with E-state index in [2.05, 4.69) is 0 Å². The topological polar surface area (TPSA) is 144 Å². The molecule has 0 fully saturated rings. The van der Waals surface area contributed by atoms with Crippen LogP contribution in [0.15, 0.2) is 84.9 Å². The lowest BCUT2D eigenvalue weighted by Gasteiger charge is -2.20. The van der Waals surface area contributed by atoms with Crippen LogP contribution in [-0.4, -0.2) is 46.1 Å². The highest BCUT2D eigenvalue weighted by molar-refractivity contribution is 6.24. The lowest BCUT2D eigenvalue weighted by molar-refractivity contribution is 0.0496. The highest BCUT2D eigenvalue weighted by Crippen LogP contribution is 2.46. The summed E-state index contributed by atoms with van der Waals surface area (Å²) in [4.78, 5) is 66.1. The van der Waals surface area contributed by atoms with Gasteiger partial charge in [-0.25, -0.2) is 9.59 Å². The Morgan fingerprint density at radius 2 is 1.10 bits per heavy atom. The Morgan fingerprint density at radius 3 is 1.64 bits per heavy atom. The molecule has 42 heavy (non-hydrogen) atoms. The van der Waals surface area contributed by atoms with Crippen LogP contribution in [0.25, 0.3) is 0 Å². The normalized spacial score (nSPS) is 10.5. The Hall–Kier alpha value is -5.57. The van der Waals surface area contributed by atoms with Gasteiger partial charge in [-0.2, -0.15) is 0 Å². The number of rotatable bonds is 10. The largest absolute Gasteiger partial charge is 0.504 e. The highest BCUT2D eigenvalue weighted by Gasteiger charge is 2.37. The molecule has 0 heterocycles. The molecule has 0 radical (unpaired) electrons. The number of ketones is 3. The van der Waals surface area contributed by atoms with E-state index in [1.165, 1.54) is 55.5 Å². The van der Waals surface area contributed by atoms with Crippen LogP contribution < -0.4 is 4.74 Å². The second-order valence-electron chi connectivity index (χ2n) is 9.20. The van der Waals surface area contributed by atoms with Crippen LogP contribution in [0.1, 0.15) is 83.2 Å². The van der Waals surface area contributed by atoms with E-state index in [1.54, 1.807) is 43.3 Å².